The molecule has 0 saturated carbocycles. The standard InChI is InChI=1S/C13H26O2/c1-3-4-5-6-7-8-13(14)12-9-11(2)15-10-12/h11-14H,3-10H2,1-2H3. The number of aliphatic hydroxyl groups is 1. The van der Waals surface area contributed by atoms with Crippen molar-refractivity contribution in [3.05, 3.63) is 0 Å². The van der Waals surface area contributed by atoms with Gasteiger partial charge in [-0.2, -0.15) is 0 Å². The van der Waals surface area contributed by atoms with Crippen LogP contribution in [0.3, 0.4) is 0 Å². The molecule has 1 aliphatic heterocycles. The minimum absolute atomic E-state index is 0.128. The van der Waals surface area contributed by atoms with Gasteiger partial charge in [0, 0.05) is 5.92 Å². The third kappa shape index (κ3) is 4.98. The molecule has 0 aromatic carbocycles. The fourth-order valence-corrected chi connectivity index (χ4v) is 2.31. The van der Waals surface area contributed by atoms with Gasteiger partial charge >= 0.3 is 0 Å². The van der Waals surface area contributed by atoms with Crippen LogP contribution in [0.4, 0.5) is 0 Å². The Morgan fingerprint density at radius 1 is 1.27 bits per heavy atom. The highest BCUT2D eigenvalue weighted by molar-refractivity contribution is 4.76. The normalized spacial score (nSPS) is 28.2. The molecule has 90 valence electrons. The molecule has 3 atom stereocenters. The SMILES string of the molecule is CCCCCCCC(O)C1COC(C)C1. The minimum Gasteiger partial charge on any atom is -0.393 e. The molecule has 0 radical (unpaired) electrons. The first-order chi connectivity index (χ1) is 7.24. The lowest BCUT2D eigenvalue weighted by atomic mass is 9.95. The maximum Gasteiger partial charge on any atom is 0.0591 e. The van der Waals surface area contributed by atoms with E-state index in [0.29, 0.717) is 12.0 Å². The van der Waals surface area contributed by atoms with E-state index in [1.165, 1.54) is 32.1 Å². The molecule has 0 amide bonds. The predicted molar refractivity (Wildman–Crippen MR) is 62.9 cm³/mol. The van der Waals surface area contributed by atoms with Crippen molar-refractivity contribution in [1.29, 1.82) is 0 Å². The predicted octanol–water partition coefficient (Wildman–Crippen LogP) is 3.13. The number of ether oxygens (including phenoxy) is 1. The van der Waals surface area contributed by atoms with Gasteiger partial charge in [-0.15, -0.1) is 0 Å². The molecular weight excluding hydrogens is 188 g/mol. The van der Waals surface area contributed by atoms with Crippen LogP contribution in [0, 0.1) is 5.92 Å². The van der Waals surface area contributed by atoms with Gasteiger partial charge in [0.05, 0.1) is 18.8 Å². The van der Waals surface area contributed by atoms with Gasteiger partial charge in [0.15, 0.2) is 0 Å². The third-order valence-corrected chi connectivity index (χ3v) is 3.38. The van der Waals surface area contributed by atoms with E-state index in [2.05, 4.69) is 13.8 Å². The molecule has 1 saturated heterocycles. The van der Waals surface area contributed by atoms with Crippen LogP contribution < -0.4 is 0 Å². The average Bonchev–Trinajstić information content (AvgIpc) is 2.64. The fraction of sp³-hybridized carbons (Fsp3) is 1.00. The van der Waals surface area contributed by atoms with Gasteiger partial charge in [-0.1, -0.05) is 39.0 Å². The summed E-state index contributed by atoms with van der Waals surface area (Å²) >= 11 is 0. The van der Waals surface area contributed by atoms with Crippen molar-refractivity contribution in [3.8, 4) is 0 Å². The van der Waals surface area contributed by atoms with Crippen LogP contribution in [0.5, 0.6) is 0 Å². The first-order valence-corrected chi connectivity index (χ1v) is 6.53. The largest absolute Gasteiger partial charge is 0.393 e. The van der Waals surface area contributed by atoms with Crippen LogP contribution in [-0.4, -0.2) is 23.9 Å². The summed E-state index contributed by atoms with van der Waals surface area (Å²) < 4.78 is 5.47. The molecule has 1 rings (SSSR count). The van der Waals surface area contributed by atoms with E-state index < -0.39 is 0 Å². The molecule has 0 spiro atoms. The van der Waals surface area contributed by atoms with Crippen LogP contribution in [0.25, 0.3) is 0 Å². The first kappa shape index (κ1) is 13.0. The lowest BCUT2D eigenvalue weighted by Crippen LogP contribution is -2.20. The van der Waals surface area contributed by atoms with Gasteiger partial charge in [-0.25, -0.2) is 0 Å². The van der Waals surface area contributed by atoms with E-state index in [0.717, 1.165) is 19.4 Å². The molecule has 3 unspecified atom stereocenters. The number of hydrogen-bond donors (Lipinski definition) is 1. The zero-order chi connectivity index (χ0) is 11.1. The first-order valence-electron chi connectivity index (χ1n) is 6.53. The smallest absolute Gasteiger partial charge is 0.0591 e. The molecule has 1 fully saturated rings. The number of rotatable bonds is 7. The number of hydrogen-bond acceptors (Lipinski definition) is 2. The summed E-state index contributed by atoms with van der Waals surface area (Å²) in [5, 5.41) is 9.94. The highest BCUT2D eigenvalue weighted by atomic mass is 16.5. The van der Waals surface area contributed by atoms with Gasteiger partial charge < -0.3 is 9.84 Å². The van der Waals surface area contributed by atoms with Crippen molar-refractivity contribution >= 4 is 0 Å². The molecule has 0 aliphatic carbocycles. The van der Waals surface area contributed by atoms with E-state index in [4.69, 9.17) is 4.74 Å². The van der Waals surface area contributed by atoms with E-state index in [-0.39, 0.29) is 6.10 Å². The summed E-state index contributed by atoms with van der Waals surface area (Å²) in [6, 6.07) is 0. The lowest BCUT2D eigenvalue weighted by Gasteiger charge is -2.16. The van der Waals surface area contributed by atoms with Gasteiger partial charge in [-0.3, -0.25) is 0 Å². The van der Waals surface area contributed by atoms with Crippen molar-refractivity contribution in [2.75, 3.05) is 6.61 Å². The summed E-state index contributed by atoms with van der Waals surface area (Å²) in [6.07, 6.45) is 8.61. The lowest BCUT2D eigenvalue weighted by molar-refractivity contribution is 0.0739. The van der Waals surface area contributed by atoms with Crippen LogP contribution >= 0.6 is 0 Å². The van der Waals surface area contributed by atoms with Crippen LogP contribution in [0.2, 0.25) is 0 Å². The Bertz CT molecular complexity index is 159. The molecule has 0 bridgehead atoms. The minimum atomic E-state index is -0.128. The second kappa shape index (κ2) is 7.24. The zero-order valence-corrected chi connectivity index (χ0v) is 10.2. The molecular formula is C13H26O2. The topological polar surface area (TPSA) is 29.5 Å². The molecule has 1 N–H and O–H groups in total. The summed E-state index contributed by atoms with van der Waals surface area (Å²) in [5.41, 5.74) is 0. The molecule has 15 heavy (non-hydrogen) atoms. The Hall–Kier alpha value is -0.0800. The van der Waals surface area contributed by atoms with Crippen molar-refractivity contribution in [1.82, 2.24) is 0 Å². The van der Waals surface area contributed by atoms with E-state index in [1.807, 2.05) is 0 Å². The Labute approximate surface area is 94.0 Å². The Kier molecular flexibility index (Phi) is 6.26. The molecule has 1 aliphatic rings. The maximum atomic E-state index is 9.94. The van der Waals surface area contributed by atoms with Crippen molar-refractivity contribution in [2.24, 2.45) is 5.92 Å². The molecule has 1 heterocycles. The van der Waals surface area contributed by atoms with Gasteiger partial charge in [0.2, 0.25) is 0 Å². The van der Waals surface area contributed by atoms with Crippen LogP contribution in [0.1, 0.15) is 58.8 Å². The van der Waals surface area contributed by atoms with Crippen molar-refractivity contribution < 1.29 is 9.84 Å². The maximum absolute atomic E-state index is 9.94. The second-order valence-electron chi connectivity index (χ2n) is 4.91. The van der Waals surface area contributed by atoms with E-state index >= 15 is 0 Å². The number of unbranched alkanes of at least 4 members (excludes halogenated alkanes) is 4. The summed E-state index contributed by atoms with van der Waals surface area (Å²) in [7, 11) is 0. The summed E-state index contributed by atoms with van der Waals surface area (Å²) in [4.78, 5) is 0. The van der Waals surface area contributed by atoms with E-state index in [1.54, 1.807) is 0 Å². The second-order valence-corrected chi connectivity index (χ2v) is 4.91. The monoisotopic (exact) mass is 214 g/mol. The zero-order valence-electron chi connectivity index (χ0n) is 10.2. The molecule has 2 heteroatoms. The highest BCUT2D eigenvalue weighted by Crippen LogP contribution is 2.25. The molecule has 0 aromatic rings. The van der Waals surface area contributed by atoms with Gasteiger partial charge in [0.1, 0.15) is 0 Å². The summed E-state index contributed by atoms with van der Waals surface area (Å²) in [6.45, 7) is 5.08. The van der Waals surface area contributed by atoms with Crippen LogP contribution in [0.15, 0.2) is 0 Å². The quantitative estimate of drug-likeness (QED) is 0.660. The number of aliphatic hydroxyl groups excluding tert-OH is 1. The highest BCUT2D eigenvalue weighted by Gasteiger charge is 2.27. The average molecular weight is 214 g/mol. The van der Waals surface area contributed by atoms with E-state index in [9.17, 15) is 5.11 Å². The van der Waals surface area contributed by atoms with Gasteiger partial charge in [0.25, 0.3) is 0 Å². The third-order valence-electron chi connectivity index (χ3n) is 3.38. The van der Waals surface area contributed by atoms with Gasteiger partial charge in [-0.05, 0) is 19.8 Å². The summed E-state index contributed by atoms with van der Waals surface area (Å²) in [5.74, 6) is 0.395. The Morgan fingerprint density at radius 3 is 2.60 bits per heavy atom. The molecule has 0 aromatic heterocycles. The Balaban J connectivity index is 2.00. The molecule has 2 nitrogen and oxygen atoms in total. The van der Waals surface area contributed by atoms with Crippen molar-refractivity contribution in [3.63, 3.8) is 0 Å². The fourth-order valence-electron chi connectivity index (χ4n) is 2.31. The van der Waals surface area contributed by atoms with Crippen molar-refractivity contribution in [2.45, 2.75) is 71.0 Å². The van der Waals surface area contributed by atoms with Crippen LogP contribution in [-0.2, 0) is 4.74 Å². The Morgan fingerprint density at radius 2 is 2.00 bits per heavy atom.